The Kier molecular flexibility index (Phi) is 6.45. The molecule has 6 nitrogen and oxygen atoms in total. The van der Waals surface area contributed by atoms with Crippen LogP contribution in [0.25, 0.3) is 11.5 Å². The molecule has 0 spiro atoms. The van der Waals surface area contributed by atoms with E-state index in [9.17, 15) is 9.18 Å². The fraction of sp³-hybridized carbons (Fsp3) is 0.161. The Hall–Kier alpha value is -4.36. The first-order valence-electron chi connectivity index (χ1n) is 12.9. The van der Waals surface area contributed by atoms with Crippen molar-refractivity contribution in [1.82, 2.24) is 19.2 Å². The van der Waals surface area contributed by atoms with Gasteiger partial charge in [-0.15, -0.1) is 0 Å². The number of para-hydroxylation sites is 1. The third-order valence-electron chi connectivity index (χ3n) is 7.19. The number of amides is 2. The molecule has 196 valence electrons. The molecule has 1 N–H and O–H groups in total. The quantitative estimate of drug-likeness (QED) is 0.258. The number of hydrogen-bond donors (Lipinski definition) is 1. The van der Waals surface area contributed by atoms with Crippen molar-refractivity contribution in [3.8, 4) is 11.5 Å². The van der Waals surface area contributed by atoms with Crippen LogP contribution in [0.5, 0.6) is 0 Å². The third kappa shape index (κ3) is 4.49. The molecule has 1 aliphatic rings. The van der Waals surface area contributed by atoms with E-state index in [0.29, 0.717) is 23.7 Å². The molecule has 3 aromatic carbocycles. The number of carbonyl (C=O) groups is 1. The van der Waals surface area contributed by atoms with E-state index in [1.165, 1.54) is 12.1 Å². The van der Waals surface area contributed by atoms with Crippen molar-refractivity contribution in [1.29, 1.82) is 0 Å². The van der Waals surface area contributed by atoms with Crippen LogP contribution in [0.15, 0.2) is 91.1 Å². The molecule has 0 saturated heterocycles. The summed E-state index contributed by atoms with van der Waals surface area (Å²) in [5.74, 6) is 0.559. The van der Waals surface area contributed by atoms with E-state index < -0.39 is 6.04 Å². The molecule has 39 heavy (non-hydrogen) atoms. The normalized spacial score (nSPS) is 14.5. The van der Waals surface area contributed by atoms with Crippen LogP contribution in [0.4, 0.5) is 14.9 Å². The smallest absolute Gasteiger partial charge is 0.307 e. The van der Waals surface area contributed by atoms with E-state index >= 15 is 0 Å². The van der Waals surface area contributed by atoms with E-state index in [1.807, 2.05) is 66.3 Å². The number of aryl methyl sites for hydroxylation is 2. The summed E-state index contributed by atoms with van der Waals surface area (Å²) in [6.45, 7) is 4.30. The number of rotatable bonds is 4. The van der Waals surface area contributed by atoms with E-state index in [4.69, 9.17) is 16.7 Å². The summed E-state index contributed by atoms with van der Waals surface area (Å²) >= 11 is 6.26. The molecule has 5 aromatic rings. The van der Waals surface area contributed by atoms with Gasteiger partial charge >= 0.3 is 6.03 Å². The first-order chi connectivity index (χ1) is 18.9. The largest absolute Gasteiger partial charge is 0.322 e. The van der Waals surface area contributed by atoms with E-state index in [0.717, 1.165) is 39.6 Å². The number of carbonyl (C=O) groups excluding carboxylic acids is 1. The van der Waals surface area contributed by atoms with Gasteiger partial charge in [-0.05, 0) is 73.0 Å². The fourth-order valence-electron chi connectivity index (χ4n) is 5.26. The molecule has 2 aromatic heterocycles. The molecular weight excluding hydrogens is 513 g/mol. The molecule has 0 fully saturated rings. The predicted octanol–water partition coefficient (Wildman–Crippen LogP) is 7.46. The maximum atomic E-state index is 14.1. The highest BCUT2D eigenvalue weighted by Gasteiger charge is 2.36. The zero-order valence-corrected chi connectivity index (χ0v) is 22.4. The number of fused-ring (bicyclic) bond motifs is 3. The predicted molar refractivity (Wildman–Crippen MR) is 151 cm³/mol. The van der Waals surface area contributed by atoms with Crippen LogP contribution in [-0.4, -0.2) is 25.3 Å². The minimum atomic E-state index is -0.485. The number of benzene rings is 3. The average Bonchev–Trinajstić information content (AvgIpc) is 3.53. The fourth-order valence-corrected chi connectivity index (χ4v) is 5.43. The summed E-state index contributed by atoms with van der Waals surface area (Å²) in [6, 6.07) is 24.9. The lowest BCUT2D eigenvalue weighted by atomic mass is 10.0. The van der Waals surface area contributed by atoms with Crippen LogP contribution >= 0.6 is 11.6 Å². The number of nitrogens with zero attached hydrogens (tertiary/aromatic N) is 4. The first kappa shape index (κ1) is 24.9. The van der Waals surface area contributed by atoms with Gasteiger partial charge in [-0.2, -0.15) is 5.10 Å². The van der Waals surface area contributed by atoms with Crippen LogP contribution in [-0.2, 0) is 13.0 Å². The number of anilines is 1. The van der Waals surface area contributed by atoms with Crippen LogP contribution in [0.2, 0.25) is 5.02 Å². The average molecular weight is 540 g/mol. The SMILES string of the molecule is CCc1nn(-c2ccccc2)c2c1CN(C(=O)Nc1cc(Cl)ccc1C)C(c1ccc(F)cc1)c1cccn1-2. The van der Waals surface area contributed by atoms with Gasteiger partial charge in [0.15, 0.2) is 0 Å². The van der Waals surface area contributed by atoms with E-state index in [-0.39, 0.29) is 11.8 Å². The van der Waals surface area contributed by atoms with E-state index in [1.54, 1.807) is 29.2 Å². The molecule has 1 unspecified atom stereocenters. The lowest BCUT2D eigenvalue weighted by molar-refractivity contribution is 0.194. The van der Waals surface area contributed by atoms with Gasteiger partial charge in [-0.25, -0.2) is 13.9 Å². The minimum absolute atomic E-state index is 0.287. The number of urea groups is 1. The second-order valence-electron chi connectivity index (χ2n) is 9.62. The van der Waals surface area contributed by atoms with Gasteiger partial charge in [0.25, 0.3) is 0 Å². The number of aromatic nitrogens is 3. The highest BCUT2D eigenvalue weighted by Crippen LogP contribution is 2.39. The maximum Gasteiger partial charge on any atom is 0.322 e. The third-order valence-corrected chi connectivity index (χ3v) is 7.43. The molecule has 3 heterocycles. The van der Waals surface area contributed by atoms with Crippen molar-refractivity contribution >= 4 is 23.3 Å². The summed E-state index contributed by atoms with van der Waals surface area (Å²) < 4.78 is 18.0. The Labute approximate surface area is 231 Å². The van der Waals surface area contributed by atoms with Gasteiger partial charge < -0.3 is 14.8 Å². The maximum absolute atomic E-state index is 14.1. The van der Waals surface area contributed by atoms with Gasteiger partial charge in [0.2, 0.25) is 0 Å². The van der Waals surface area contributed by atoms with Crippen molar-refractivity contribution in [2.24, 2.45) is 0 Å². The van der Waals surface area contributed by atoms with Crippen LogP contribution in [0, 0.1) is 12.7 Å². The zero-order chi connectivity index (χ0) is 27.1. The number of halogens is 2. The summed E-state index contributed by atoms with van der Waals surface area (Å²) in [5.41, 5.74) is 6.01. The molecule has 2 amide bonds. The van der Waals surface area contributed by atoms with Crippen molar-refractivity contribution in [3.63, 3.8) is 0 Å². The first-order valence-corrected chi connectivity index (χ1v) is 13.3. The zero-order valence-electron chi connectivity index (χ0n) is 21.6. The highest BCUT2D eigenvalue weighted by atomic mass is 35.5. The monoisotopic (exact) mass is 539 g/mol. The number of nitrogens with one attached hydrogen (secondary N) is 1. The van der Waals surface area contributed by atoms with Gasteiger partial charge in [0, 0.05) is 22.5 Å². The van der Waals surface area contributed by atoms with Gasteiger partial charge in [-0.1, -0.05) is 54.9 Å². The molecule has 0 radical (unpaired) electrons. The summed E-state index contributed by atoms with van der Waals surface area (Å²) in [7, 11) is 0. The summed E-state index contributed by atoms with van der Waals surface area (Å²) in [5, 5.41) is 8.60. The Morgan fingerprint density at radius 1 is 1.05 bits per heavy atom. The Morgan fingerprint density at radius 2 is 1.82 bits per heavy atom. The summed E-state index contributed by atoms with van der Waals surface area (Å²) in [6.07, 6.45) is 2.69. The molecule has 1 aliphatic heterocycles. The van der Waals surface area contributed by atoms with Gasteiger partial charge in [-0.3, -0.25) is 0 Å². The lowest BCUT2D eigenvalue weighted by Gasteiger charge is -2.31. The van der Waals surface area contributed by atoms with Crippen molar-refractivity contribution < 1.29 is 9.18 Å². The molecule has 6 rings (SSSR count). The minimum Gasteiger partial charge on any atom is -0.307 e. The van der Waals surface area contributed by atoms with Crippen LogP contribution < -0.4 is 5.32 Å². The van der Waals surface area contributed by atoms with Gasteiger partial charge in [0.05, 0.1) is 29.7 Å². The Bertz CT molecular complexity index is 1660. The summed E-state index contributed by atoms with van der Waals surface area (Å²) in [4.78, 5) is 15.9. The second kappa shape index (κ2) is 10.1. The Morgan fingerprint density at radius 3 is 2.56 bits per heavy atom. The van der Waals surface area contributed by atoms with Crippen molar-refractivity contribution in [2.75, 3.05) is 5.32 Å². The molecular formula is C31H27ClFN5O. The molecule has 1 atom stereocenters. The Balaban J connectivity index is 1.55. The number of hydrogen-bond acceptors (Lipinski definition) is 2. The standard InChI is InChI=1S/C31H27ClFN5O/c1-3-26-25-19-37(31(39)34-27-18-22(32)14-11-20(27)2)29(21-12-15-23(33)16-13-21)28-10-7-17-36(28)30(25)38(35-26)24-8-5-4-6-9-24/h4-18,29H,3,19H2,1-2H3,(H,34,39). The second-order valence-corrected chi connectivity index (χ2v) is 10.1. The van der Waals surface area contributed by atoms with E-state index in [2.05, 4.69) is 16.8 Å². The van der Waals surface area contributed by atoms with Crippen LogP contribution in [0.1, 0.15) is 41.0 Å². The van der Waals surface area contributed by atoms with Gasteiger partial charge in [0.1, 0.15) is 11.6 Å². The highest BCUT2D eigenvalue weighted by molar-refractivity contribution is 6.31. The lowest BCUT2D eigenvalue weighted by Crippen LogP contribution is -2.38. The van der Waals surface area contributed by atoms with Crippen molar-refractivity contribution in [2.45, 2.75) is 32.9 Å². The molecule has 0 saturated carbocycles. The molecule has 0 aliphatic carbocycles. The van der Waals surface area contributed by atoms with Crippen LogP contribution in [0.3, 0.4) is 0 Å². The molecule has 8 heteroatoms. The topological polar surface area (TPSA) is 55.1 Å². The molecule has 0 bridgehead atoms. The van der Waals surface area contributed by atoms with Crippen molar-refractivity contribution in [3.05, 3.63) is 130 Å².